The van der Waals surface area contributed by atoms with Crippen LogP contribution < -0.4 is 0 Å². The van der Waals surface area contributed by atoms with Crippen LogP contribution in [0.3, 0.4) is 0 Å². The van der Waals surface area contributed by atoms with Crippen molar-refractivity contribution in [1.29, 1.82) is 0 Å². The lowest BCUT2D eigenvalue weighted by Gasteiger charge is -2.18. The zero-order valence-electron chi connectivity index (χ0n) is 17.8. The summed E-state index contributed by atoms with van der Waals surface area (Å²) < 4.78 is 41.8. The molecule has 0 N–H and O–H groups in total. The SMILES string of the molecule is CCN(CC)S(=O)(=O)c1ccc(-c2nc(C(Cl)Cl)nc3cc(-c4ccc(F)cc4)nn23)cc1. The Kier molecular flexibility index (Phi) is 6.67. The number of fused-ring (bicyclic) bond motifs is 1. The van der Waals surface area contributed by atoms with E-state index in [9.17, 15) is 12.8 Å². The third-order valence-corrected chi connectivity index (χ3v) is 7.59. The van der Waals surface area contributed by atoms with Crippen molar-refractivity contribution in [3.8, 4) is 22.6 Å². The number of hydrogen-bond donors (Lipinski definition) is 0. The van der Waals surface area contributed by atoms with Gasteiger partial charge in [0, 0.05) is 30.3 Å². The molecule has 0 saturated heterocycles. The van der Waals surface area contributed by atoms with Crippen LogP contribution in [0.1, 0.15) is 24.5 Å². The molecule has 0 spiro atoms. The fourth-order valence-corrected chi connectivity index (χ4v) is 5.09. The van der Waals surface area contributed by atoms with E-state index >= 15 is 0 Å². The van der Waals surface area contributed by atoms with Gasteiger partial charge in [-0.15, -0.1) is 0 Å². The number of benzene rings is 2. The molecule has 2 aromatic heterocycles. The minimum Gasteiger partial charge on any atom is -0.211 e. The molecule has 0 aliphatic carbocycles. The lowest BCUT2D eigenvalue weighted by molar-refractivity contribution is 0.445. The van der Waals surface area contributed by atoms with E-state index in [-0.39, 0.29) is 16.5 Å². The second-order valence-corrected chi connectivity index (χ2v) is 10.2. The standard InChI is InChI=1S/C22H20Cl2FN5O2S/c1-3-29(4-2)33(31,32)17-11-7-15(8-12-17)22-27-21(20(23)24)26-19-13-18(28-30(19)22)14-5-9-16(25)10-6-14/h5-13,20H,3-4H2,1-2H3. The Bertz CT molecular complexity index is 1390. The Labute approximate surface area is 200 Å². The highest BCUT2D eigenvalue weighted by Crippen LogP contribution is 2.29. The maximum absolute atomic E-state index is 13.3. The van der Waals surface area contributed by atoms with Crippen molar-refractivity contribution in [3.63, 3.8) is 0 Å². The second kappa shape index (κ2) is 9.34. The number of sulfonamides is 1. The molecule has 172 valence electrons. The summed E-state index contributed by atoms with van der Waals surface area (Å²) in [5.41, 5.74) is 2.30. The van der Waals surface area contributed by atoms with Gasteiger partial charge in [0.05, 0.1) is 10.6 Å². The summed E-state index contributed by atoms with van der Waals surface area (Å²) in [5.74, 6) is 0.227. The van der Waals surface area contributed by atoms with Crippen molar-refractivity contribution in [2.24, 2.45) is 0 Å². The fraction of sp³-hybridized carbons (Fsp3) is 0.227. The van der Waals surface area contributed by atoms with Crippen LogP contribution in [0.5, 0.6) is 0 Å². The van der Waals surface area contributed by atoms with Gasteiger partial charge >= 0.3 is 0 Å². The van der Waals surface area contributed by atoms with Gasteiger partial charge in [0.25, 0.3) is 0 Å². The lowest BCUT2D eigenvalue weighted by Crippen LogP contribution is -2.30. The number of rotatable bonds is 7. The van der Waals surface area contributed by atoms with E-state index in [1.165, 1.54) is 33.1 Å². The van der Waals surface area contributed by atoms with Crippen LogP contribution in [0.25, 0.3) is 28.3 Å². The van der Waals surface area contributed by atoms with E-state index in [4.69, 9.17) is 23.2 Å². The van der Waals surface area contributed by atoms with Gasteiger partial charge in [-0.2, -0.15) is 13.9 Å². The number of hydrogen-bond acceptors (Lipinski definition) is 5. The summed E-state index contributed by atoms with van der Waals surface area (Å²) in [7, 11) is -3.59. The van der Waals surface area contributed by atoms with Gasteiger partial charge in [0.2, 0.25) is 10.0 Å². The van der Waals surface area contributed by atoms with Crippen molar-refractivity contribution < 1.29 is 12.8 Å². The highest BCUT2D eigenvalue weighted by atomic mass is 35.5. The molecule has 0 radical (unpaired) electrons. The third kappa shape index (κ3) is 4.59. The van der Waals surface area contributed by atoms with Crippen LogP contribution in [0.2, 0.25) is 0 Å². The Morgan fingerprint density at radius 3 is 2.15 bits per heavy atom. The van der Waals surface area contributed by atoms with Crippen LogP contribution in [0.4, 0.5) is 4.39 Å². The zero-order valence-corrected chi connectivity index (χ0v) is 20.1. The van der Waals surface area contributed by atoms with E-state index in [1.807, 2.05) is 0 Å². The van der Waals surface area contributed by atoms with Gasteiger partial charge in [-0.3, -0.25) is 0 Å². The van der Waals surface area contributed by atoms with E-state index in [2.05, 4.69) is 15.1 Å². The van der Waals surface area contributed by atoms with Crippen LogP contribution in [0, 0.1) is 5.82 Å². The summed E-state index contributed by atoms with van der Waals surface area (Å²) in [6, 6.07) is 14.0. The molecular formula is C22H20Cl2FN5O2S. The monoisotopic (exact) mass is 507 g/mol. The normalized spacial score (nSPS) is 12.2. The average molecular weight is 508 g/mol. The molecule has 0 aliphatic heterocycles. The number of alkyl halides is 2. The number of aromatic nitrogens is 4. The van der Waals surface area contributed by atoms with E-state index in [0.717, 1.165) is 0 Å². The molecule has 11 heteroatoms. The molecule has 7 nitrogen and oxygen atoms in total. The molecule has 0 saturated carbocycles. The molecule has 0 amide bonds. The molecule has 0 atom stereocenters. The highest BCUT2D eigenvalue weighted by molar-refractivity contribution is 7.89. The topological polar surface area (TPSA) is 80.5 Å². The molecule has 4 rings (SSSR count). The van der Waals surface area contributed by atoms with Crippen molar-refractivity contribution in [3.05, 3.63) is 66.2 Å². The third-order valence-electron chi connectivity index (χ3n) is 5.13. The summed E-state index contributed by atoms with van der Waals surface area (Å²) in [6.07, 6.45) is 0. The summed E-state index contributed by atoms with van der Waals surface area (Å²) >= 11 is 12.1. The van der Waals surface area contributed by atoms with E-state index in [1.54, 1.807) is 44.2 Å². The smallest absolute Gasteiger partial charge is 0.211 e. The second-order valence-electron chi connectivity index (χ2n) is 7.13. The minimum absolute atomic E-state index is 0.181. The van der Waals surface area contributed by atoms with Crippen molar-refractivity contribution in [1.82, 2.24) is 23.9 Å². The molecule has 0 fully saturated rings. The maximum Gasteiger partial charge on any atom is 0.243 e. The lowest BCUT2D eigenvalue weighted by atomic mass is 10.1. The molecule has 0 aliphatic rings. The molecule has 0 bridgehead atoms. The van der Waals surface area contributed by atoms with Gasteiger partial charge < -0.3 is 0 Å². The number of nitrogens with zero attached hydrogens (tertiary/aromatic N) is 5. The van der Waals surface area contributed by atoms with E-state index in [0.29, 0.717) is 41.4 Å². The predicted molar refractivity (Wildman–Crippen MR) is 126 cm³/mol. The van der Waals surface area contributed by atoms with Crippen LogP contribution in [-0.2, 0) is 10.0 Å². The van der Waals surface area contributed by atoms with Crippen molar-refractivity contribution in [2.45, 2.75) is 23.6 Å². The molecule has 4 aromatic rings. The highest BCUT2D eigenvalue weighted by Gasteiger charge is 2.22. The molecule has 2 aromatic carbocycles. The molecule has 0 unspecified atom stereocenters. The van der Waals surface area contributed by atoms with Crippen LogP contribution in [0.15, 0.2) is 59.5 Å². The molecule has 2 heterocycles. The maximum atomic E-state index is 13.3. The van der Waals surface area contributed by atoms with Gasteiger partial charge in [-0.25, -0.2) is 22.8 Å². The van der Waals surface area contributed by atoms with Crippen molar-refractivity contribution >= 4 is 38.9 Å². The van der Waals surface area contributed by atoms with Gasteiger partial charge in [-0.05, 0) is 48.5 Å². The quantitative estimate of drug-likeness (QED) is 0.325. The van der Waals surface area contributed by atoms with Crippen molar-refractivity contribution in [2.75, 3.05) is 13.1 Å². The van der Waals surface area contributed by atoms with Gasteiger partial charge in [0.1, 0.15) is 5.82 Å². The predicted octanol–water partition coefficient (Wildman–Crippen LogP) is 5.10. The van der Waals surface area contributed by atoms with Gasteiger partial charge in [-0.1, -0.05) is 37.0 Å². The molecular weight excluding hydrogens is 488 g/mol. The largest absolute Gasteiger partial charge is 0.243 e. The number of halogens is 3. The van der Waals surface area contributed by atoms with Crippen LogP contribution in [-0.4, -0.2) is 45.4 Å². The summed E-state index contributed by atoms with van der Waals surface area (Å²) in [5, 5.41) is 4.57. The van der Waals surface area contributed by atoms with E-state index < -0.39 is 14.9 Å². The van der Waals surface area contributed by atoms with Crippen LogP contribution >= 0.6 is 23.2 Å². The van der Waals surface area contributed by atoms with Gasteiger partial charge in [0.15, 0.2) is 22.1 Å². The summed E-state index contributed by atoms with van der Waals surface area (Å²) in [6.45, 7) is 4.34. The molecule has 33 heavy (non-hydrogen) atoms. The first-order valence-corrected chi connectivity index (χ1v) is 12.5. The summed E-state index contributed by atoms with van der Waals surface area (Å²) in [4.78, 5) is 8.04. The fourth-order valence-electron chi connectivity index (χ4n) is 3.44. The Balaban J connectivity index is 1.83. The Morgan fingerprint density at radius 1 is 0.970 bits per heavy atom. The first-order chi connectivity index (χ1) is 15.7. The first-order valence-electron chi connectivity index (χ1n) is 10.2. The Morgan fingerprint density at radius 2 is 1.58 bits per heavy atom. The zero-order chi connectivity index (χ0) is 23.8. The Hall–Kier alpha value is -2.59. The minimum atomic E-state index is -3.59. The average Bonchev–Trinajstić information content (AvgIpc) is 3.24. The first kappa shape index (κ1) is 23.6.